The number of benzene rings is 2. The van der Waals surface area contributed by atoms with Gasteiger partial charge in [-0.05, 0) is 29.8 Å². The van der Waals surface area contributed by atoms with Gasteiger partial charge in [0.1, 0.15) is 0 Å². The SMILES string of the molecule is NC(=NO)c1ccc(C(=O)NCc2cccc(Br)c2)cc1. The molecular formula is C15H14BrN3O2. The summed E-state index contributed by atoms with van der Waals surface area (Å²) in [5.41, 5.74) is 7.54. The number of hydrogen-bond acceptors (Lipinski definition) is 3. The Hall–Kier alpha value is -2.34. The first-order valence-corrected chi connectivity index (χ1v) is 7.00. The molecule has 0 saturated carbocycles. The van der Waals surface area contributed by atoms with Gasteiger partial charge in [0.05, 0.1) is 0 Å². The number of amidine groups is 1. The first kappa shape index (κ1) is 15.1. The van der Waals surface area contributed by atoms with Gasteiger partial charge in [-0.1, -0.05) is 45.4 Å². The van der Waals surface area contributed by atoms with Gasteiger partial charge in [-0.2, -0.15) is 0 Å². The number of amides is 1. The minimum Gasteiger partial charge on any atom is -0.409 e. The zero-order chi connectivity index (χ0) is 15.2. The molecule has 1 amide bonds. The molecule has 6 heteroatoms. The predicted octanol–water partition coefficient (Wildman–Crippen LogP) is 2.47. The third kappa shape index (κ3) is 4.06. The van der Waals surface area contributed by atoms with Crippen LogP contribution in [0.2, 0.25) is 0 Å². The van der Waals surface area contributed by atoms with E-state index in [0.29, 0.717) is 17.7 Å². The summed E-state index contributed by atoms with van der Waals surface area (Å²) in [5.74, 6) is -0.169. The molecule has 0 saturated heterocycles. The molecule has 0 radical (unpaired) electrons. The molecule has 21 heavy (non-hydrogen) atoms. The Balaban J connectivity index is 2.00. The quantitative estimate of drug-likeness (QED) is 0.343. The van der Waals surface area contributed by atoms with Crippen LogP contribution >= 0.6 is 15.9 Å². The summed E-state index contributed by atoms with van der Waals surface area (Å²) in [4.78, 5) is 12.0. The second-order valence-corrected chi connectivity index (χ2v) is 5.29. The van der Waals surface area contributed by atoms with E-state index in [1.807, 2.05) is 24.3 Å². The summed E-state index contributed by atoms with van der Waals surface area (Å²) in [6, 6.07) is 14.2. The molecule has 0 atom stereocenters. The molecule has 0 aromatic heterocycles. The average molecular weight is 348 g/mol. The number of carbonyl (C=O) groups excluding carboxylic acids is 1. The fourth-order valence-electron chi connectivity index (χ4n) is 1.78. The number of nitrogens with two attached hydrogens (primary N) is 1. The van der Waals surface area contributed by atoms with Crippen molar-refractivity contribution in [1.82, 2.24) is 5.32 Å². The van der Waals surface area contributed by atoms with Crippen LogP contribution in [0, 0.1) is 0 Å². The summed E-state index contributed by atoms with van der Waals surface area (Å²) in [5, 5.41) is 14.3. The lowest BCUT2D eigenvalue weighted by Crippen LogP contribution is -2.23. The number of nitrogens with zero attached hydrogens (tertiary/aromatic N) is 1. The zero-order valence-electron chi connectivity index (χ0n) is 11.1. The topological polar surface area (TPSA) is 87.7 Å². The summed E-state index contributed by atoms with van der Waals surface area (Å²) >= 11 is 3.39. The van der Waals surface area contributed by atoms with Gasteiger partial charge in [-0.3, -0.25) is 4.79 Å². The Morgan fingerprint density at radius 2 is 1.86 bits per heavy atom. The van der Waals surface area contributed by atoms with Crippen molar-refractivity contribution in [3.63, 3.8) is 0 Å². The highest BCUT2D eigenvalue weighted by Crippen LogP contribution is 2.11. The third-order valence-electron chi connectivity index (χ3n) is 2.89. The van der Waals surface area contributed by atoms with Crippen LogP contribution in [-0.2, 0) is 6.54 Å². The van der Waals surface area contributed by atoms with Crippen molar-refractivity contribution >= 4 is 27.7 Å². The number of halogens is 1. The Kier molecular flexibility index (Phi) is 4.94. The van der Waals surface area contributed by atoms with Crippen LogP contribution in [0.25, 0.3) is 0 Å². The highest BCUT2D eigenvalue weighted by Gasteiger charge is 2.06. The van der Waals surface area contributed by atoms with Gasteiger partial charge in [0, 0.05) is 22.1 Å². The second-order valence-electron chi connectivity index (χ2n) is 4.38. The lowest BCUT2D eigenvalue weighted by Gasteiger charge is -2.06. The largest absolute Gasteiger partial charge is 0.409 e. The molecule has 0 bridgehead atoms. The van der Waals surface area contributed by atoms with E-state index in [2.05, 4.69) is 26.4 Å². The number of hydrogen-bond donors (Lipinski definition) is 3. The molecule has 5 nitrogen and oxygen atoms in total. The monoisotopic (exact) mass is 347 g/mol. The summed E-state index contributed by atoms with van der Waals surface area (Å²) in [6.07, 6.45) is 0. The van der Waals surface area contributed by atoms with Gasteiger partial charge in [-0.15, -0.1) is 0 Å². The van der Waals surface area contributed by atoms with Gasteiger partial charge < -0.3 is 16.3 Å². The third-order valence-corrected chi connectivity index (χ3v) is 3.39. The van der Waals surface area contributed by atoms with Crippen molar-refractivity contribution in [2.75, 3.05) is 0 Å². The van der Waals surface area contributed by atoms with E-state index in [1.54, 1.807) is 24.3 Å². The fraction of sp³-hybridized carbons (Fsp3) is 0.0667. The van der Waals surface area contributed by atoms with E-state index in [1.165, 1.54) is 0 Å². The van der Waals surface area contributed by atoms with Crippen LogP contribution in [0.1, 0.15) is 21.5 Å². The van der Waals surface area contributed by atoms with Gasteiger partial charge in [0.15, 0.2) is 5.84 Å². The van der Waals surface area contributed by atoms with E-state index in [-0.39, 0.29) is 11.7 Å². The fourth-order valence-corrected chi connectivity index (χ4v) is 2.23. The lowest BCUT2D eigenvalue weighted by molar-refractivity contribution is 0.0951. The van der Waals surface area contributed by atoms with Crippen molar-refractivity contribution in [1.29, 1.82) is 0 Å². The first-order chi connectivity index (χ1) is 10.1. The van der Waals surface area contributed by atoms with E-state index in [4.69, 9.17) is 10.9 Å². The molecule has 0 spiro atoms. The number of rotatable bonds is 4. The number of carbonyl (C=O) groups is 1. The highest BCUT2D eigenvalue weighted by molar-refractivity contribution is 9.10. The van der Waals surface area contributed by atoms with Crippen molar-refractivity contribution in [2.24, 2.45) is 10.9 Å². The van der Waals surface area contributed by atoms with Crippen LogP contribution in [0.15, 0.2) is 58.2 Å². The Morgan fingerprint density at radius 1 is 1.19 bits per heavy atom. The molecule has 4 N–H and O–H groups in total. The first-order valence-electron chi connectivity index (χ1n) is 6.21. The maximum atomic E-state index is 12.0. The average Bonchev–Trinajstić information content (AvgIpc) is 2.52. The molecule has 2 aromatic rings. The predicted molar refractivity (Wildman–Crippen MR) is 84.3 cm³/mol. The van der Waals surface area contributed by atoms with E-state index in [0.717, 1.165) is 10.0 Å². The van der Waals surface area contributed by atoms with Crippen molar-refractivity contribution in [2.45, 2.75) is 6.54 Å². The Morgan fingerprint density at radius 3 is 2.48 bits per heavy atom. The summed E-state index contributed by atoms with van der Waals surface area (Å²) in [7, 11) is 0. The molecule has 0 fully saturated rings. The van der Waals surface area contributed by atoms with Gasteiger partial charge >= 0.3 is 0 Å². The van der Waals surface area contributed by atoms with Gasteiger partial charge in [0.2, 0.25) is 0 Å². The molecule has 2 rings (SSSR count). The smallest absolute Gasteiger partial charge is 0.251 e. The van der Waals surface area contributed by atoms with Crippen molar-refractivity contribution in [3.8, 4) is 0 Å². The van der Waals surface area contributed by atoms with Crippen molar-refractivity contribution in [3.05, 3.63) is 69.7 Å². The van der Waals surface area contributed by atoms with Gasteiger partial charge in [0.25, 0.3) is 5.91 Å². The molecule has 0 heterocycles. The maximum absolute atomic E-state index is 12.0. The summed E-state index contributed by atoms with van der Waals surface area (Å²) < 4.78 is 0.970. The standard InChI is InChI=1S/C15H14BrN3O2/c16-13-3-1-2-10(8-13)9-18-15(20)12-6-4-11(5-7-12)14(17)19-21/h1-8,21H,9H2,(H2,17,19)(H,18,20). The van der Waals surface area contributed by atoms with E-state index in [9.17, 15) is 4.79 Å². The molecular weight excluding hydrogens is 334 g/mol. The minimum absolute atomic E-state index is 0.0103. The molecule has 0 unspecified atom stereocenters. The normalized spacial score (nSPS) is 11.2. The molecule has 0 aliphatic carbocycles. The number of nitrogens with one attached hydrogen (secondary N) is 1. The molecule has 108 valence electrons. The van der Waals surface area contributed by atoms with Crippen LogP contribution < -0.4 is 11.1 Å². The van der Waals surface area contributed by atoms with Crippen LogP contribution in [0.5, 0.6) is 0 Å². The Bertz CT molecular complexity index is 669. The van der Waals surface area contributed by atoms with Crippen LogP contribution in [0.3, 0.4) is 0 Å². The molecule has 0 aliphatic rings. The van der Waals surface area contributed by atoms with Crippen LogP contribution in [0.4, 0.5) is 0 Å². The molecule has 0 aliphatic heterocycles. The highest BCUT2D eigenvalue weighted by atomic mass is 79.9. The molecule has 2 aromatic carbocycles. The van der Waals surface area contributed by atoms with E-state index >= 15 is 0 Å². The minimum atomic E-state index is -0.180. The number of oxime groups is 1. The van der Waals surface area contributed by atoms with Gasteiger partial charge in [-0.25, -0.2) is 0 Å². The summed E-state index contributed by atoms with van der Waals surface area (Å²) in [6.45, 7) is 0.445. The second kappa shape index (κ2) is 6.90. The lowest BCUT2D eigenvalue weighted by atomic mass is 10.1. The Labute approximate surface area is 130 Å². The maximum Gasteiger partial charge on any atom is 0.251 e. The van der Waals surface area contributed by atoms with Crippen LogP contribution in [-0.4, -0.2) is 17.0 Å². The zero-order valence-corrected chi connectivity index (χ0v) is 12.7. The van der Waals surface area contributed by atoms with Crippen molar-refractivity contribution < 1.29 is 10.0 Å². The van der Waals surface area contributed by atoms with E-state index < -0.39 is 0 Å².